The monoisotopic (exact) mass is 248 g/mol. The second-order valence-electron chi connectivity index (χ2n) is 5.36. The zero-order valence-corrected chi connectivity index (χ0v) is 12.3. The Bertz CT molecular complexity index is 326. The van der Waals surface area contributed by atoms with Gasteiger partial charge in [-0.05, 0) is 45.3 Å². The summed E-state index contributed by atoms with van der Waals surface area (Å²) in [5.74, 6) is 0. The Labute approximate surface area is 112 Å². The summed E-state index contributed by atoms with van der Waals surface area (Å²) in [6, 6.07) is 10.8. The first kappa shape index (κ1) is 15.2. The van der Waals surface area contributed by atoms with Crippen molar-refractivity contribution in [2.75, 3.05) is 13.1 Å². The molecule has 0 saturated heterocycles. The first-order valence-electron chi connectivity index (χ1n) is 7.12. The summed E-state index contributed by atoms with van der Waals surface area (Å²) < 4.78 is 0. The van der Waals surface area contributed by atoms with E-state index in [4.69, 9.17) is 5.73 Å². The van der Waals surface area contributed by atoms with Crippen molar-refractivity contribution in [2.24, 2.45) is 5.73 Å². The number of hydrogen-bond donors (Lipinski definition) is 1. The molecule has 0 amide bonds. The number of rotatable bonds is 7. The number of nitrogens with two attached hydrogens (primary N) is 1. The molecule has 0 fully saturated rings. The van der Waals surface area contributed by atoms with E-state index in [1.54, 1.807) is 0 Å². The maximum absolute atomic E-state index is 6.60. The van der Waals surface area contributed by atoms with Crippen molar-refractivity contribution in [3.63, 3.8) is 0 Å². The highest BCUT2D eigenvalue weighted by Crippen LogP contribution is 2.25. The van der Waals surface area contributed by atoms with Crippen molar-refractivity contribution in [1.29, 1.82) is 0 Å². The predicted octanol–water partition coefficient (Wildman–Crippen LogP) is 3.37. The molecule has 2 atom stereocenters. The van der Waals surface area contributed by atoms with E-state index in [9.17, 15) is 0 Å². The second-order valence-corrected chi connectivity index (χ2v) is 5.36. The molecule has 0 spiro atoms. The summed E-state index contributed by atoms with van der Waals surface area (Å²) in [4.78, 5) is 2.51. The molecule has 102 valence electrons. The highest BCUT2D eigenvalue weighted by molar-refractivity contribution is 5.25. The van der Waals surface area contributed by atoms with Crippen LogP contribution in [-0.4, -0.2) is 24.0 Å². The molecule has 2 N–H and O–H groups in total. The molecular weight excluding hydrogens is 220 g/mol. The van der Waals surface area contributed by atoms with E-state index in [1.807, 2.05) is 6.07 Å². The lowest BCUT2D eigenvalue weighted by atomic mass is 9.85. The van der Waals surface area contributed by atoms with Gasteiger partial charge >= 0.3 is 0 Å². The molecular formula is C16H28N2. The van der Waals surface area contributed by atoms with Crippen LogP contribution in [0, 0.1) is 0 Å². The van der Waals surface area contributed by atoms with E-state index in [1.165, 1.54) is 18.4 Å². The normalized spacial score (nSPS) is 16.6. The van der Waals surface area contributed by atoms with Crippen molar-refractivity contribution in [3.8, 4) is 0 Å². The van der Waals surface area contributed by atoms with Gasteiger partial charge in [-0.15, -0.1) is 0 Å². The fourth-order valence-corrected chi connectivity index (χ4v) is 2.49. The molecule has 0 heterocycles. The average molecular weight is 248 g/mol. The van der Waals surface area contributed by atoms with Crippen LogP contribution in [0.25, 0.3) is 0 Å². The number of benzene rings is 1. The fourth-order valence-electron chi connectivity index (χ4n) is 2.49. The quantitative estimate of drug-likeness (QED) is 0.801. The topological polar surface area (TPSA) is 29.3 Å². The van der Waals surface area contributed by atoms with Crippen molar-refractivity contribution < 1.29 is 0 Å². The summed E-state index contributed by atoms with van der Waals surface area (Å²) in [5.41, 5.74) is 7.52. The third kappa shape index (κ3) is 3.56. The van der Waals surface area contributed by atoms with Gasteiger partial charge in [-0.3, -0.25) is 4.90 Å². The Morgan fingerprint density at radius 3 is 2.06 bits per heavy atom. The molecule has 18 heavy (non-hydrogen) atoms. The fraction of sp³-hybridized carbons (Fsp3) is 0.625. The molecule has 0 aliphatic heterocycles. The second kappa shape index (κ2) is 6.91. The van der Waals surface area contributed by atoms with Crippen molar-refractivity contribution >= 4 is 0 Å². The van der Waals surface area contributed by atoms with Crippen LogP contribution in [0.1, 0.15) is 46.1 Å². The minimum atomic E-state index is -0.300. The summed E-state index contributed by atoms with van der Waals surface area (Å²) in [6.45, 7) is 11.1. The van der Waals surface area contributed by atoms with E-state index in [0.717, 1.165) is 13.1 Å². The lowest BCUT2D eigenvalue weighted by Gasteiger charge is -2.40. The van der Waals surface area contributed by atoms with E-state index in [0.29, 0.717) is 6.04 Å². The van der Waals surface area contributed by atoms with Gasteiger partial charge in [-0.1, -0.05) is 44.2 Å². The molecule has 0 radical (unpaired) electrons. The first-order valence-corrected chi connectivity index (χ1v) is 7.12. The Morgan fingerprint density at radius 1 is 1.11 bits per heavy atom. The minimum absolute atomic E-state index is 0.300. The molecule has 1 aromatic rings. The summed E-state index contributed by atoms with van der Waals surface area (Å²) in [5, 5.41) is 0. The Kier molecular flexibility index (Phi) is 5.83. The van der Waals surface area contributed by atoms with Gasteiger partial charge in [0.15, 0.2) is 0 Å². The molecule has 1 rings (SSSR count). The largest absolute Gasteiger partial charge is 0.320 e. The maximum atomic E-state index is 6.60. The van der Waals surface area contributed by atoms with Gasteiger partial charge in [0.2, 0.25) is 0 Å². The van der Waals surface area contributed by atoms with Crippen LogP contribution in [-0.2, 0) is 5.54 Å². The summed E-state index contributed by atoms with van der Waals surface area (Å²) >= 11 is 0. The lowest BCUT2D eigenvalue weighted by Crippen LogP contribution is -2.53. The predicted molar refractivity (Wildman–Crippen MR) is 79.6 cm³/mol. The summed E-state index contributed by atoms with van der Waals surface area (Å²) in [6.07, 6.45) is 2.35. The molecule has 2 heteroatoms. The zero-order chi connectivity index (χ0) is 13.6. The molecule has 2 nitrogen and oxygen atoms in total. The van der Waals surface area contributed by atoms with Crippen LogP contribution >= 0.6 is 0 Å². The van der Waals surface area contributed by atoms with Crippen molar-refractivity contribution in [1.82, 2.24) is 4.90 Å². The van der Waals surface area contributed by atoms with Gasteiger partial charge in [-0.25, -0.2) is 0 Å². The Hall–Kier alpha value is -0.860. The van der Waals surface area contributed by atoms with Gasteiger partial charge in [-0.2, -0.15) is 0 Å². The van der Waals surface area contributed by atoms with E-state index >= 15 is 0 Å². The van der Waals surface area contributed by atoms with Gasteiger partial charge in [0, 0.05) is 6.04 Å². The molecule has 0 saturated carbocycles. The van der Waals surface area contributed by atoms with Crippen molar-refractivity contribution in [2.45, 2.75) is 52.1 Å². The SMILES string of the molecule is CCCN(CCC)C(C)C(C)(N)c1ccccc1. The zero-order valence-electron chi connectivity index (χ0n) is 12.3. The molecule has 2 unspecified atom stereocenters. The highest BCUT2D eigenvalue weighted by Gasteiger charge is 2.31. The lowest BCUT2D eigenvalue weighted by molar-refractivity contribution is 0.140. The van der Waals surface area contributed by atoms with Crippen molar-refractivity contribution in [3.05, 3.63) is 35.9 Å². The molecule has 1 aromatic carbocycles. The number of nitrogens with zero attached hydrogens (tertiary/aromatic N) is 1. The molecule has 0 aromatic heterocycles. The van der Waals surface area contributed by atoms with Crippen LogP contribution in [0.15, 0.2) is 30.3 Å². The molecule has 0 aliphatic rings. The highest BCUT2D eigenvalue weighted by atomic mass is 15.2. The van der Waals surface area contributed by atoms with Gasteiger partial charge in [0.1, 0.15) is 0 Å². The average Bonchev–Trinajstić information content (AvgIpc) is 2.38. The van der Waals surface area contributed by atoms with E-state index < -0.39 is 0 Å². The Morgan fingerprint density at radius 2 is 1.61 bits per heavy atom. The smallest absolute Gasteiger partial charge is 0.0536 e. The molecule has 0 bridgehead atoms. The van der Waals surface area contributed by atoms with Crippen LogP contribution in [0.5, 0.6) is 0 Å². The minimum Gasteiger partial charge on any atom is -0.320 e. The summed E-state index contributed by atoms with van der Waals surface area (Å²) in [7, 11) is 0. The first-order chi connectivity index (χ1) is 8.54. The standard InChI is InChI=1S/C16H28N2/c1-5-12-18(13-6-2)14(3)16(4,17)15-10-8-7-9-11-15/h7-11,14H,5-6,12-13,17H2,1-4H3. The van der Waals surface area contributed by atoms with E-state index in [-0.39, 0.29) is 5.54 Å². The van der Waals surface area contributed by atoms with Crippen LogP contribution in [0.4, 0.5) is 0 Å². The van der Waals surface area contributed by atoms with Gasteiger partial charge < -0.3 is 5.73 Å². The third-order valence-corrected chi connectivity index (χ3v) is 3.83. The third-order valence-electron chi connectivity index (χ3n) is 3.83. The van der Waals surface area contributed by atoms with Crippen LogP contribution < -0.4 is 5.73 Å². The number of hydrogen-bond acceptors (Lipinski definition) is 2. The molecule has 0 aliphatic carbocycles. The van der Waals surface area contributed by atoms with Gasteiger partial charge in [0.25, 0.3) is 0 Å². The Balaban J connectivity index is 2.88. The van der Waals surface area contributed by atoms with Gasteiger partial charge in [0.05, 0.1) is 5.54 Å². The maximum Gasteiger partial charge on any atom is 0.0536 e. The van der Waals surface area contributed by atoms with Crippen LogP contribution in [0.3, 0.4) is 0 Å². The van der Waals surface area contributed by atoms with E-state index in [2.05, 4.69) is 56.9 Å². The van der Waals surface area contributed by atoms with Crippen LogP contribution in [0.2, 0.25) is 0 Å².